The fraction of sp³-hybridized carbons (Fsp3) is 0.696. The number of rotatable bonds is 7. The maximum Gasteiger partial charge on any atom is 0.258 e. The van der Waals surface area contributed by atoms with Crippen LogP contribution in [0.1, 0.15) is 51.0 Å². The Morgan fingerprint density at radius 1 is 1.07 bits per heavy atom. The predicted octanol–water partition coefficient (Wildman–Crippen LogP) is 4.11. The summed E-state index contributed by atoms with van der Waals surface area (Å²) in [7, 11) is 3.19. The monoisotopic (exact) mass is 387 g/mol. The number of benzene rings is 1. The SMILES string of the molecule is COc1cc(C)cc(OC)c1OCC(=O)N[C@@H](C)C12CC3CC(CC(C3)C1)C2. The van der Waals surface area contributed by atoms with Crippen molar-refractivity contribution in [1.29, 1.82) is 0 Å². The molecule has 0 heterocycles. The molecular formula is C23H33NO4. The minimum absolute atomic E-state index is 0.0352. The molecule has 1 amide bonds. The first-order chi connectivity index (χ1) is 13.4. The number of amides is 1. The lowest BCUT2D eigenvalue weighted by Crippen LogP contribution is -2.56. The van der Waals surface area contributed by atoms with E-state index in [0.29, 0.717) is 22.7 Å². The van der Waals surface area contributed by atoms with Crippen molar-refractivity contribution in [3.05, 3.63) is 17.7 Å². The number of carbonyl (C=O) groups excluding carboxylic acids is 1. The highest BCUT2D eigenvalue weighted by molar-refractivity contribution is 5.78. The van der Waals surface area contributed by atoms with Gasteiger partial charge in [-0.3, -0.25) is 4.79 Å². The average molecular weight is 388 g/mol. The van der Waals surface area contributed by atoms with Crippen molar-refractivity contribution in [3.8, 4) is 17.2 Å². The van der Waals surface area contributed by atoms with E-state index < -0.39 is 0 Å². The second-order valence-corrected chi connectivity index (χ2v) is 9.36. The van der Waals surface area contributed by atoms with Gasteiger partial charge in [0.2, 0.25) is 5.75 Å². The number of nitrogens with one attached hydrogen (secondary N) is 1. The molecule has 0 saturated heterocycles. The fourth-order valence-corrected chi connectivity index (χ4v) is 6.44. The van der Waals surface area contributed by atoms with E-state index in [4.69, 9.17) is 14.2 Å². The third kappa shape index (κ3) is 3.56. The molecule has 28 heavy (non-hydrogen) atoms. The zero-order valence-electron chi connectivity index (χ0n) is 17.5. The molecule has 5 heteroatoms. The third-order valence-electron chi connectivity index (χ3n) is 7.33. The molecule has 4 saturated carbocycles. The number of hydrogen-bond acceptors (Lipinski definition) is 4. The van der Waals surface area contributed by atoms with Crippen molar-refractivity contribution in [2.75, 3.05) is 20.8 Å². The van der Waals surface area contributed by atoms with Crippen LogP contribution < -0.4 is 19.5 Å². The summed E-state index contributed by atoms with van der Waals surface area (Å²) in [6, 6.07) is 3.96. The summed E-state index contributed by atoms with van der Waals surface area (Å²) in [6.45, 7) is 4.12. The van der Waals surface area contributed by atoms with Crippen LogP contribution in [0.4, 0.5) is 0 Å². The molecule has 0 unspecified atom stereocenters. The highest BCUT2D eigenvalue weighted by Gasteiger charge is 2.53. The Hall–Kier alpha value is -1.91. The topological polar surface area (TPSA) is 56.8 Å². The lowest BCUT2D eigenvalue weighted by Gasteiger charge is -2.59. The largest absolute Gasteiger partial charge is 0.493 e. The zero-order chi connectivity index (χ0) is 19.9. The maximum absolute atomic E-state index is 12.7. The lowest BCUT2D eigenvalue weighted by molar-refractivity contribution is -0.127. The van der Waals surface area contributed by atoms with Gasteiger partial charge in [-0.25, -0.2) is 0 Å². The van der Waals surface area contributed by atoms with Gasteiger partial charge in [0.05, 0.1) is 14.2 Å². The minimum Gasteiger partial charge on any atom is -0.493 e. The van der Waals surface area contributed by atoms with Crippen LogP contribution in [0.3, 0.4) is 0 Å². The van der Waals surface area contributed by atoms with Gasteiger partial charge in [0.25, 0.3) is 5.91 Å². The molecule has 5 nitrogen and oxygen atoms in total. The summed E-state index contributed by atoms with van der Waals surface area (Å²) in [6.07, 6.45) is 8.07. The number of hydrogen-bond donors (Lipinski definition) is 1. The van der Waals surface area contributed by atoms with Gasteiger partial charge in [-0.1, -0.05) is 0 Å². The van der Waals surface area contributed by atoms with E-state index in [2.05, 4.69) is 12.2 Å². The van der Waals surface area contributed by atoms with Crippen LogP contribution >= 0.6 is 0 Å². The summed E-state index contributed by atoms with van der Waals surface area (Å²) in [4.78, 5) is 12.7. The van der Waals surface area contributed by atoms with Crippen molar-refractivity contribution in [3.63, 3.8) is 0 Å². The van der Waals surface area contributed by atoms with E-state index in [0.717, 1.165) is 23.3 Å². The summed E-state index contributed by atoms with van der Waals surface area (Å²) < 4.78 is 16.6. The van der Waals surface area contributed by atoms with Gasteiger partial charge in [-0.2, -0.15) is 0 Å². The van der Waals surface area contributed by atoms with Gasteiger partial charge in [-0.15, -0.1) is 0 Å². The molecule has 4 fully saturated rings. The highest BCUT2D eigenvalue weighted by Crippen LogP contribution is 2.61. The first-order valence-electron chi connectivity index (χ1n) is 10.6. The molecule has 5 rings (SSSR count). The Bertz CT molecular complexity index is 684. The predicted molar refractivity (Wildman–Crippen MR) is 108 cm³/mol. The summed E-state index contributed by atoms with van der Waals surface area (Å²) in [5, 5.41) is 3.25. The van der Waals surface area contributed by atoms with Crippen LogP contribution in [0.25, 0.3) is 0 Å². The number of methoxy groups -OCH3 is 2. The zero-order valence-corrected chi connectivity index (χ0v) is 17.5. The van der Waals surface area contributed by atoms with Crippen molar-refractivity contribution < 1.29 is 19.0 Å². The van der Waals surface area contributed by atoms with Crippen LogP contribution in [0.15, 0.2) is 12.1 Å². The standard InChI is InChI=1S/C23H33NO4/c1-14-5-19(26-3)22(20(6-14)27-4)28-13-21(25)24-15(2)23-10-16-7-17(11-23)9-18(8-16)12-23/h5-6,15-18H,7-13H2,1-4H3,(H,24,25)/t15-,16?,17?,18?,23?/m0/s1. The summed E-state index contributed by atoms with van der Waals surface area (Å²) >= 11 is 0. The van der Waals surface area contributed by atoms with E-state index in [1.807, 2.05) is 19.1 Å². The summed E-state index contributed by atoms with van der Waals surface area (Å²) in [5.74, 6) is 4.20. The highest BCUT2D eigenvalue weighted by atomic mass is 16.5. The van der Waals surface area contributed by atoms with Crippen LogP contribution in [-0.2, 0) is 4.79 Å². The van der Waals surface area contributed by atoms with Crippen molar-refractivity contribution in [2.24, 2.45) is 23.2 Å². The molecular weight excluding hydrogens is 354 g/mol. The van der Waals surface area contributed by atoms with Crippen LogP contribution in [0, 0.1) is 30.1 Å². The normalized spacial score (nSPS) is 31.4. The molecule has 1 aromatic rings. The maximum atomic E-state index is 12.7. The molecule has 0 aliphatic heterocycles. The Morgan fingerprint density at radius 2 is 1.57 bits per heavy atom. The van der Waals surface area contributed by atoms with Crippen molar-refractivity contribution in [2.45, 2.75) is 58.4 Å². The second-order valence-electron chi connectivity index (χ2n) is 9.36. The van der Waals surface area contributed by atoms with Crippen LogP contribution in [0.5, 0.6) is 17.2 Å². The average Bonchev–Trinajstić information content (AvgIpc) is 2.65. The third-order valence-corrected chi connectivity index (χ3v) is 7.33. The van der Waals surface area contributed by atoms with Crippen LogP contribution in [-0.4, -0.2) is 32.8 Å². The minimum atomic E-state index is -0.0760. The second kappa shape index (κ2) is 7.49. The van der Waals surface area contributed by atoms with Gasteiger partial charge in [0.1, 0.15) is 0 Å². The number of ether oxygens (including phenoxy) is 3. The van der Waals surface area contributed by atoms with Gasteiger partial charge >= 0.3 is 0 Å². The first kappa shape index (κ1) is 19.4. The molecule has 4 bridgehead atoms. The van der Waals surface area contributed by atoms with E-state index in [1.165, 1.54) is 38.5 Å². The molecule has 0 radical (unpaired) electrons. The Labute approximate surface area is 168 Å². The lowest BCUT2D eigenvalue weighted by atomic mass is 9.48. The Kier molecular flexibility index (Phi) is 5.19. The van der Waals surface area contributed by atoms with Crippen LogP contribution in [0.2, 0.25) is 0 Å². The van der Waals surface area contributed by atoms with E-state index in [-0.39, 0.29) is 18.6 Å². The molecule has 154 valence electrons. The van der Waals surface area contributed by atoms with Gasteiger partial charge in [0, 0.05) is 6.04 Å². The fourth-order valence-electron chi connectivity index (χ4n) is 6.44. The van der Waals surface area contributed by atoms with Crippen molar-refractivity contribution >= 4 is 5.91 Å². The van der Waals surface area contributed by atoms with E-state index >= 15 is 0 Å². The molecule has 4 aliphatic carbocycles. The smallest absolute Gasteiger partial charge is 0.258 e. The van der Waals surface area contributed by atoms with E-state index in [1.54, 1.807) is 14.2 Å². The van der Waals surface area contributed by atoms with Crippen molar-refractivity contribution in [1.82, 2.24) is 5.32 Å². The molecule has 1 aromatic carbocycles. The number of carbonyl (C=O) groups is 1. The Morgan fingerprint density at radius 3 is 2.04 bits per heavy atom. The molecule has 1 atom stereocenters. The quantitative estimate of drug-likeness (QED) is 0.765. The number of aryl methyl sites for hydroxylation is 1. The van der Waals surface area contributed by atoms with Gasteiger partial charge in [-0.05, 0) is 93.2 Å². The van der Waals surface area contributed by atoms with Gasteiger partial charge in [0.15, 0.2) is 18.1 Å². The van der Waals surface area contributed by atoms with Gasteiger partial charge < -0.3 is 19.5 Å². The Balaban J connectivity index is 1.39. The molecule has 1 N–H and O–H groups in total. The molecule has 0 spiro atoms. The molecule has 4 aliphatic rings. The summed E-state index contributed by atoms with van der Waals surface area (Å²) in [5.41, 5.74) is 1.31. The van der Waals surface area contributed by atoms with E-state index in [9.17, 15) is 4.79 Å². The first-order valence-corrected chi connectivity index (χ1v) is 10.6. The molecule has 0 aromatic heterocycles.